The van der Waals surface area contributed by atoms with Gasteiger partial charge in [0, 0.05) is 37.2 Å². The highest BCUT2D eigenvalue weighted by atomic mass is 14.8. The van der Waals surface area contributed by atoms with Gasteiger partial charge in [0.2, 0.25) is 0 Å². The fourth-order valence-electron chi connectivity index (χ4n) is 0.669. The van der Waals surface area contributed by atoms with Gasteiger partial charge in [-0.3, -0.25) is 9.97 Å². The molecule has 0 aliphatic heterocycles. The lowest BCUT2D eigenvalue weighted by molar-refractivity contribution is 1.14. The number of rotatable bonds is 1. The van der Waals surface area contributed by atoms with Gasteiger partial charge in [-0.1, -0.05) is 6.58 Å². The summed E-state index contributed by atoms with van der Waals surface area (Å²) in [5, 5.41) is 0. The zero-order valence-corrected chi connectivity index (χ0v) is 7.61. The summed E-state index contributed by atoms with van der Waals surface area (Å²) in [6.45, 7) is 3.51. The molecule has 0 saturated carbocycles. The molecule has 4 heteroatoms. The van der Waals surface area contributed by atoms with E-state index in [-0.39, 0.29) is 0 Å². The van der Waals surface area contributed by atoms with Gasteiger partial charge in [-0.15, -0.1) is 0 Å². The smallest absolute Gasteiger partial charge is 0.151 e. The maximum absolute atomic E-state index is 3.87. The minimum Gasteiger partial charge on any atom is -0.262 e. The Kier molecular flexibility index (Phi) is 4.58. The molecule has 2 heterocycles. The molecule has 0 aromatic carbocycles. The lowest BCUT2D eigenvalue weighted by Crippen LogP contribution is -1.80. The lowest BCUT2D eigenvalue weighted by atomic mass is 10.5. The Bertz CT molecular complexity index is 320. The molecule has 14 heavy (non-hydrogen) atoms. The molecule has 2 rings (SSSR count). The molecule has 0 N–H and O–H groups in total. The van der Waals surface area contributed by atoms with Crippen molar-refractivity contribution in [3.05, 3.63) is 55.7 Å². The standard InChI is InChI=1S/C6H6N2.C4H4N2/c1-2-6-7-4-3-5-8-6;1-2-6-4-3-5-1/h2-5H,1H2;1-4H. The molecule has 4 nitrogen and oxygen atoms in total. The van der Waals surface area contributed by atoms with Crippen LogP contribution in [0.3, 0.4) is 0 Å². The molecule has 2 aromatic rings. The fourth-order valence-corrected chi connectivity index (χ4v) is 0.669. The summed E-state index contributed by atoms with van der Waals surface area (Å²) in [6.07, 6.45) is 11.5. The SMILES string of the molecule is C=Cc1ncccn1.c1cnccn1. The van der Waals surface area contributed by atoms with Gasteiger partial charge in [0.1, 0.15) is 0 Å². The van der Waals surface area contributed by atoms with E-state index in [2.05, 4.69) is 26.5 Å². The van der Waals surface area contributed by atoms with E-state index in [0.29, 0.717) is 5.82 Å². The number of hydrogen-bond acceptors (Lipinski definition) is 4. The predicted molar refractivity (Wildman–Crippen MR) is 54.2 cm³/mol. The van der Waals surface area contributed by atoms with Crippen LogP contribution in [0.5, 0.6) is 0 Å². The second-order valence-electron chi connectivity index (χ2n) is 2.21. The van der Waals surface area contributed by atoms with Gasteiger partial charge < -0.3 is 0 Å². The molecule has 2 aromatic heterocycles. The highest BCUT2D eigenvalue weighted by Crippen LogP contribution is 1.85. The van der Waals surface area contributed by atoms with E-state index < -0.39 is 0 Å². The minimum absolute atomic E-state index is 0.674. The van der Waals surface area contributed by atoms with E-state index in [9.17, 15) is 0 Å². The van der Waals surface area contributed by atoms with E-state index in [1.54, 1.807) is 49.3 Å². The van der Waals surface area contributed by atoms with Crippen LogP contribution in [0.25, 0.3) is 6.08 Å². The van der Waals surface area contributed by atoms with Gasteiger partial charge >= 0.3 is 0 Å². The summed E-state index contributed by atoms with van der Waals surface area (Å²) in [5.41, 5.74) is 0. The van der Waals surface area contributed by atoms with Crippen molar-refractivity contribution in [1.82, 2.24) is 19.9 Å². The molecule has 0 bridgehead atoms. The molecule has 0 aliphatic carbocycles. The topological polar surface area (TPSA) is 51.6 Å². The molecular weight excluding hydrogens is 176 g/mol. The Morgan fingerprint density at radius 2 is 1.36 bits per heavy atom. The third kappa shape index (κ3) is 4.06. The first kappa shape index (κ1) is 9.98. The zero-order valence-electron chi connectivity index (χ0n) is 7.61. The third-order valence-electron chi connectivity index (χ3n) is 1.25. The van der Waals surface area contributed by atoms with Crippen LogP contribution in [0, 0.1) is 0 Å². The van der Waals surface area contributed by atoms with Gasteiger partial charge in [-0.25, -0.2) is 9.97 Å². The Labute approximate surface area is 82.4 Å². The van der Waals surface area contributed by atoms with Crippen molar-refractivity contribution >= 4 is 6.08 Å². The van der Waals surface area contributed by atoms with Crippen molar-refractivity contribution in [2.24, 2.45) is 0 Å². The number of nitrogens with zero attached hydrogens (tertiary/aromatic N) is 4. The zero-order chi connectivity index (χ0) is 10.1. The monoisotopic (exact) mass is 186 g/mol. The number of aromatic nitrogens is 4. The minimum atomic E-state index is 0.674. The van der Waals surface area contributed by atoms with Crippen molar-refractivity contribution in [2.75, 3.05) is 0 Å². The van der Waals surface area contributed by atoms with E-state index >= 15 is 0 Å². The van der Waals surface area contributed by atoms with Gasteiger partial charge in [-0.05, 0) is 12.1 Å². The highest BCUT2D eigenvalue weighted by molar-refractivity contribution is 5.34. The average molecular weight is 186 g/mol. The van der Waals surface area contributed by atoms with Gasteiger partial charge in [0.15, 0.2) is 5.82 Å². The molecule has 0 saturated heterocycles. The Morgan fingerprint density at radius 3 is 1.64 bits per heavy atom. The molecule has 0 amide bonds. The first-order chi connectivity index (χ1) is 6.93. The van der Waals surface area contributed by atoms with Crippen LogP contribution in [0.1, 0.15) is 5.82 Å². The van der Waals surface area contributed by atoms with Crippen molar-refractivity contribution in [3.8, 4) is 0 Å². The molecule has 0 fully saturated rings. The second-order valence-corrected chi connectivity index (χ2v) is 2.21. The number of hydrogen-bond donors (Lipinski definition) is 0. The lowest BCUT2D eigenvalue weighted by Gasteiger charge is -1.83. The molecule has 0 atom stereocenters. The molecular formula is C10H10N4. The van der Waals surface area contributed by atoms with E-state index in [1.807, 2.05) is 0 Å². The van der Waals surface area contributed by atoms with Crippen LogP contribution in [0.15, 0.2) is 49.8 Å². The highest BCUT2D eigenvalue weighted by Gasteiger charge is 1.79. The van der Waals surface area contributed by atoms with Gasteiger partial charge in [-0.2, -0.15) is 0 Å². The summed E-state index contributed by atoms with van der Waals surface area (Å²) >= 11 is 0. The van der Waals surface area contributed by atoms with Crippen molar-refractivity contribution < 1.29 is 0 Å². The summed E-state index contributed by atoms with van der Waals surface area (Å²) in [7, 11) is 0. The predicted octanol–water partition coefficient (Wildman–Crippen LogP) is 1.60. The van der Waals surface area contributed by atoms with Crippen molar-refractivity contribution in [2.45, 2.75) is 0 Å². The quantitative estimate of drug-likeness (QED) is 0.678. The van der Waals surface area contributed by atoms with Crippen LogP contribution in [0.4, 0.5) is 0 Å². The van der Waals surface area contributed by atoms with Crippen LogP contribution in [-0.2, 0) is 0 Å². The van der Waals surface area contributed by atoms with E-state index in [4.69, 9.17) is 0 Å². The average Bonchev–Trinajstić information content (AvgIpc) is 2.33. The van der Waals surface area contributed by atoms with Crippen LogP contribution in [-0.4, -0.2) is 19.9 Å². The molecule has 0 radical (unpaired) electrons. The van der Waals surface area contributed by atoms with Crippen LogP contribution in [0.2, 0.25) is 0 Å². The molecule has 0 spiro atoms. The molecule has 70 valence electrons. The summed E-state index contributed by atoms with van der Waals surface area (Å²) < 4.78 is 0. The Morgan fingerprint density at radius 1 is 0.857 bits per heavy atom. The molecule has 0 unspecified atom stereocenters. The summed E-state index contributed by atoms with van der Waals surface area (Å²) in [5.74, 6) is 0.674. The van der Waals surface area contributed by atoms with E-state index in [0.717, 1.165) is 0 Å². The van der Waals surface area contributed by atoms with Crippen LogP contribution >= 0.6 is 0 Å². The summed E-state index contributed by atoms with van der Waals surface area (Å²) in [4.78, 5) is 15.2. The fraction of sp³-hybridized carbons (Fsp3) is 0. The maximum atomic E-state index is 3.87. The first-order valence-electron chi connectivity index (χ1n) is 4.03. The Hall–Kier alpha value is -2.10. The van der Waals surface area contributed by atoms with Crippen LogP contribution < -0.4 is 0 Å². The normalized spacial score (nSPS) is 8.29. The maximum Gasteiger partial charge on any atom is 0.151 e. The molecule has 0 aliphatic rings. The van der Waals surface area contributed by atoms with Gasteiger partial charge in [0.25, 0.3) is 0 Å². The van der Waals surface area contributed by atoms with E-state index in [1.165, 1.54) is 0 Å². The van der Waals surface area contributed by atoms with Gasteiger partial charge in [0.05, 0.1) is 0 Å². The first-order valence-corrected chi connectivity index (χ1v) is 4.03. The third-order valence-corrected chi connectivity index (χ3v) is 1.25. The van der Waals surface area contributed by atoms with Crippen molar-refractivity contribution in [1.29, 1.82) is 0 Å². The Balaban J connectivity index is 0.000000146. The second kappa shape index (κ2) is 6.42. The largest absolute Gasteiger partial charge is 0.262 e. The van der Waals surface area contributed by atoms with Crippen molar-refractivity contribution in [3.63, 3.8) is 0 Å². The summed E-state index contributed by atoms with van der Waals surface area (Å²) in [6, 6.07) is 1.77.